The number of hydrogen-bond acceptors (Lipinski definition) is 3. The van der Waals surface area contributed by atoms with Gasteiger partial charge in [-0.25, -0.2) is 4.79 Å². The molecular weight excluding hydrogens is 460 g/mol. The van der Waals surface area contributed by atoms with Crippen LogP contribution < -0.4 is 0 Å². The highest BCUT2D eigenvalue weighted by atomic mass is 79.9. The zero-order valence-electron chi connectivity index (χ0n) is 16.8. The van der Waals surface area contributed by atoms with Crippen LogP contribution in [-0.4, -0.2) is 15.6 Å². The summed E-state index contributed by atoms with van der Waals surface area (Å²) in [6, 6.07) is 12.0. The Kier molecular flexibility index (Phi) is 5.68. The van der Waals surface area contributed by atoms with Gasteiger partial charge in [0.1, 0.15) is 5.00 Å². The second-order valence-corrected chi connectivity index (χ2v) is 9.54. The standard InChI is InChI=1S/C24H21BrN2O2S/c1-14-10-17(11-18(13-26)16-6-5-7-19(25)12-16)15(2)27(14)23-22(24(28)29)20-8-3-4-9-21(20)30-23/h5-7,10-12H,3-4,8-9H2,1-2H3,(H,28,29). The molecule has 3 aromatic rings. The lowest BCUT2D eigenvalue weighted by molar-refractivity contribution is 0.0696. The Balaban J connectivity index is 1.85. The van der Waals surface area contributed by atoms with Gasteiger partial charge in [0.05, 0.1) is 17.2 Å². The van der Waals surface area contributed by atoms with E-state index in [9.17, 15) is 15.2 Å². The molecule has 0 radical (unpaired) electrons. The van der Waals surface area contributed by atoms with Gasteiger partial charge in [0, 0.05) is 20.7 Å². The number of hydrogen-bond donors (Lipinski definition) is 1. The highest BCUT2D eigenvalue weighted by molar-refractivity contribution is 9.10. The number of carboxylic acids is 1. The van der Waals surface area contributed by atoms with Gasteiger partial charge in [-0.15, -0.1) is 11.3 Å². The Bertz CT molecular complexity index is 1230. The fourth-order valence-electron chi connectivity index (χ4n) is 4.17. The molecule has 30 heavy (non-hydrogen) atoms. The zero-order chi connectivity index (χ0) is 21.4. The number of aryl methyl sites for hydroxylation is 2. The van der Waals surface area contributed by atoms with E-state index in [1.807, 2.05) is 54.8 Å². The number of nitriles is 1. The number of allylic oxidation sites excluding steroid dienone is 1. The minimum absolute atomic E-state index is 0.444. The van der Waals surface area contributed by atoms with Crippen molar-refractivity contribution in [1.82, 2.24) is 4.57 Å². The normalized spacial score (nSPS) is 13.7. The summed E-state index contributed by atoms with van der Waals surface area (Å²) in [6.45, 7) is 3.97. The summed E-state index contributed by atoms with van der Waals surface area (Å²) >= 11 is 5.06. The Labute approximate surface area is 188 Å². The number of nitrogens with zero attached hydrogens (tertiary/aromatic N) is 2. The number of fused-ring (bicyclic) bond motifs is 1. The minimum atomic E-state index is -0.860. The SMILES string of the molecule is Cc1cc(C=C(C#N)c2cccc(Br)c2)c(C)n1-c1sc2c(c1C(=O)O)CCCC2. The zero-order valence-corrected chi connectivity index (χ0v) is 19.2. The van der Waals surface area contributed by atoms with Crippen LogP contribution in [0.15, 0.2) is 34.8 Å². The van der Waals surface area contributed by atoms with E-state index < -0.39 is 5.97 Å². The lowest BCUT2D eigenvalue weighted by Gasteiger charge is -2.11. The first-order valence-electron chi connectivity index (χ1n) is 9.85. The summed E-state index contributed by atoms with van der Waals surface area (Å²) in [5, 5.41) is 20.5. The lowest BCUT2D eigenvalue weighted by Crippen LogP contribution is -2.09. The summed E-state index contributed by atoms with van der Waals surface area (Å²) in [7, 11) is 0. The summed E-state index contributed by atoms with van der Waals surface area (Å²) in [4.78, 5) is 13.3. The van der Waals surface area contributed by atoms with Crippen molar-refractivity contribution in [2.45, 2.75) is 39.5 Å². The first-order valence-corrected chi connectivity index (χ1v) is 11.5. The Morgan fingerprint density at radius 3 is 2.73 bits per heavy atom. The van der Waals surface area contributed by atoms with Gasteiger partial charge in [0.2, 0.25) is 0 Å². The van der Waals surface area contributed by atoms with E-state index in [0.29, 0.717) is 11.1 Å². The van der Waals surface area contributed by atoms with Crippen LogP contribution in [0.3, 0.4) is 0 Å². The minimum Gasteiger partial charge on any atom is -0.478 e. The van der Waals surface area contributed by atoms with E-state index in [0.717, 1.165) is 63.2 Å². The van der Waals surface area contributed by atoms with E-state index in [2.05, 4.69) is 22.0 Å². The molecule has 4 rings (SSSR count). The summed E-state index contributed by atoms with van der Waals surface area (Å²) in [6.07, 6.45) is 5.82. The molecule has 0 unspecified atom stereocenters. The fraction of sp³-hybridized carbons (Fsp3) is 0.250. The molecule has 0 amide bonds. The van der Waals surface area contributed by atoms with Crippen LogP contribution in [0, 0.1) is 25.2 Å². The number of carboxylic acid groups (broad SMARTS) is 1. The molecule has 1 aliphatic carbocycles. The number of aromatic nitrogens is 1. The largest absolute Gasteiger partial charge is 0.478 e. The molecule has 0 spiro atoms. The van der Waals surface area contributed by atoms with Gasteiger partial charge in [0.25, 0.3) is 0 Å². The van der Waals surface area contributed by atoms with Crippen molar-refractivity contribution in [2.75, 3.05) is 0 Å². The van der Waals surface area contributed by atoms with Gasteiger partial charge in [-0.1, -0.05) is 28.1 Å². The van der Waals surface area contributed by atoms with E-state index in [1.54, 1.807) is 11.3 Å². The molecule has 1 aliphatic rings. The molecule has 0 fully saturated rings. The number of halogens is 1. The molecule has 0 saturated carbocycles. The summed E-state index contributed by atoms with van der Waals surface area (Å²) < 4.78 is 2.95. The molecule has 152 valence electrons. The van der Waals surface area contributed by atoms with E-state index in [1.165, 1.54) is 4.88 Å². The van der Waals surface area contributed by atoms with Crippen molar-refractivity contribution >= 4 is 44.9 Å². The quantitative estimate of drug-likeness (QED) is 0.429. The highest BCUT2D eigenvalue weighted by Crippen LogP contribution is 2.39. The monoisotopic (exact) mass is 480 g/mol. The van der Waals surface area contributed by atoms with Crippen molar-refractivity contribution < 1.29 is 9.90 Å². The average molecular weight is 481 g/mol. The van der Waals surface area contributed by atoms with Crippen molar-refractivity contribution in [3.8, 4) is 11.1 Å². The number of rotatable bonds is 4. The molecule has 6 heteroatoms. The highest BCUT2D eigenvalue weighted by Gasteiger charge is 2.27. The Morgan fingerprint density at radius 2 is 2.03 bits per heavy atom. The van der Waals surface area contributed by atoms with Crippen LogP contribution in [0.2, 0.25) is 0 Å². The third-order valence-corrected chi connectivity index (χ3v) is 7.37. The van der Waals surface area contributed by atoms with Gasteiger partial charge in [-0.3, -0.25) is 0 Å². The van der Waals surface area contributed by atoms with Crippen molar-refractivity contribution in [1.29, 1.82) is 5.26 Å². The number of benzene rings is 1. The molecule has 1 aromatic carbocycles. The molecule has 0 bridgehead atoms. The van der Waals surface area contributed by atoms with Gasteiger partial charge in [0.15, 0.2) is 0 Å². The van der Waals surface area contributed by atoms with Gasteiger partial charge in [-0.05, 0) is 80.5 Å². The van der Waals surface area contributed by atoms with Crippen molar-refractivity contribution in [2.24, 2.45) is 0 Å². The number of aromatic carboxylic acids is 1. The number of carbonyl (C=O) groups is 1. The van der Waals surface area contributed by atoms with Crippen molar-refractivity contribution in [3.05, 3.63) is 73.3 Å². The molecule has 2 aromatic heterocycles. The molecule has 1 N–H and O–H groups in total. The lowest BCUT2D eigenvalue weighted by atomic mass is 9.95. The number of thiophene rings is 1. The summed E-state index contributed by atoms with van der Waals surface area (Å²) in [5.41, 5.74) is 5.69. The fourth-order valence-corrected chi connectivity index (χ4v) is 6.06. The molecule has 4 nitrogen and oxygen atoms in total. The molecule has 2 heterocycles. The smallest absolute Gasteiger partial charge is 0.339 e. The van der Waals surface area contributed by atoms with Gasteiger partial charge in [-0.2, -0.15) is 5.26 Å². The van der Waals surface area contributed by atoms with E-state index >= 15 is 0 Å². The predicted octanol–water partition coefficient (Wildman–Crippen LogP) is 6.56. The molecule has 0 atom stereocenters. The second-order valence-electron chi connectivity index (χ2n) is 7.54. The third-order valence-electron chi connectivity index (χ3n) is 5.60. The Hall–Kier alpha value is -2.62. The van der Waals surface area contributed by atoms with Crippen molar-refractivity contribution in [3.63, 3.8) is 0 Å². The van der Waals surface area contributed by atoms with E-state index in [4.69, 9.17) is 0 Å². The topological polar surface area (TPSA) is 66.0 Å². The molecule has 0 saturated heterocycles. The van der Waals surface area contributed by atoms with E-state index in [-0.39, 0.29) is 0 Å². The maximum Gasteiger partial charge on any atom is 0.339 e. The summed E-state index contributed by atoms with van der Waals surface area (Å²) in [5.74, 6) is -0.860. The first kappa shape index (κ1) is 20.6. The van der Waals surface area contributed by atoms with Crippen LogP contribution in [0.5, 0.6) is 0 Å². The maximum atomic E-state index is 12.1. The van der Waals surface area contributed by atoms with Crippen LogP contribution in [0.1, 0.15) is 56.2 Å². The van der Waals surface area contributed by atoms with Crippen LogP contribution in [-0.2, 0) is 12.8 Å². The van der Waals surface area contributed by atoms with Crippen LogP contribution >= 0.6 is 27.3 Å². The maximum absolute atomic E-state index is 12.1. The average Bonchev–Trinajstić information content (AvgIpc) is 3.22. The van der Waals surface area contributed by atoms with Crippen LogP contribution in [0.4, 0.5) is 0 Å². The second kappa shape index (κ2) is 8.25. The molecule has 0 aliphatic heterocycles. The first-order chi connectivity index (χ1) is 14.4. The third kappa shape index (κ3) is 3.64. The molecular formula is C24H21BrN2O2S. The van der Waals surface area contributed by atoms with Crippen LogP contribution in [0.25, 0.3) is 16.7 Å². The van der Waals surface area contributed by atoms with Gasteiger partial charge >= 0.3 is 5.97 Å². The predicted molar refractivity (Wildman–Crippen MR) is 124 cm³/mol. The van der Waals surface area contributed by atoms with Gasteiger partial charge < -0.3 is 9.67 Å². The Morgan fingerprint density at radius 1 is 1.27 bits per heavy atom.